The highest BCUT2D eigenvalue weighted by molar-refractivity contribution is 9.11. The van der Waals surface area contributed by atoms with Crippen molar-refractivity contribution in [2.75, 3.05) is 0 Å². The van der Waals surface area contributed by atoms with Crippen molar-refractivity contribution in [2.45, 2.75) is 4.90 Å². The summed E-state index contributed by atoms with van der Waals surface area (Å²) in [5, 5.41) is 4.63. The first-order valence-corrected chi connectivity index (χ1v) is 9.22. The topological polar surface area (TPSA) is 52.0 Å². The molecular weight excluding hydrogens is 396 g/mol. The lowest BCUT2D eigenvalue weighted by Gasteiger charge is -2.04. The molecule has 0 aliphatic heterocycles. The number of rotatable bonds is 3. The van der Waals surface area contributed by atoms with Crippen LogP contribution < -0.4 is 0 Å². The highest BCUT2D eigenvalue weighted by Gasteiger charge is 2.18. The molecule has 0 saturated carbocycles. The van der Waals surface area contributed by atoms with Gasteiger partial charge in [0.15, 0.2) is 0 Å². The van der Waals surface area contributed by atoms with Crippen molar-refractivity contribution in [2.24, 2.45) is 0 Å². The number of hydrogen-bond acceptors (Lipinski definition) is 4. The zero-order chi connectivity index (χ0) is 15.0. The van der Waals surface area contributed by atoms with Crippen molar-refractivity contribution in [1.29, 1.82) is 0 Å². The second-order valence-corrected chi connectivity index (χ2v) is 8.83. The maximum atomic E-state index is 12.4. The van der Waals surface area contributed by atoms with Crippen LogP contribution in [0.2, 0.25) is 5.02 Å². The van der Waals surface area contributed by atoms with Gasteiger partial charge in [0.2, 0.25) is 0 Å². The van der Waals surface area contributed by atoms with E-state index in [1.807, 2.05) is 12.1 Å². The number of benzene rings is 1. The van der Waals surface area contributed by atoms with Gasteiger partial charge < -0.3 is 0 Å². The molecule has 3 aromatic rings. The normalized spacial score (nSPS) is 11.7. The Hall–Kier alpha value is -1.15. The maximum Gasteiger partial charge on any atom is 0.282 e. The largest absolute Gasteiger partial charge is 0.282 e. The monoisotopic (exact) mass is 402 g/mol. The second-order valence-electron chi connectivity index (χ2n) is 4.14. The summed E-state index contributed by atoms with van der Waals surface area (Å²) in [6, 6.07) is 11.4. The summed E-state index contributed by atoms with van der Waals surface area (Å²) in [7, 11) is -3.70. The molecule has 0 aliphatic carbocycles. The summed E-state index contributed by atoms with van der Waals surface area (Å²) in [5.41, 5.74) is 0.614. The van der Waals surface area contributed by atoms with Gasteiger partial charge in [-0.3, -0.25) is 0 Å². The smallest absolute Gasteiger partial charge is 0.199 e. The van der Waals surface area contributed by atoms with Crippen molar-refractivity contribution in [1.82, 2.24) is 9.19 Å². The number of hydrogen-bond donors (Lipinski definition) is 0. The predicted octanol–water partition coefficient (Wildman–Crippen LogP) is 4.26. The Bertz CT molecular complexity index is 885. The molecule has 0 spiro atoms. The first kappa shape index (κ1) is 14.8. The third kappa shape index (κ3) is 2.91. The molecular formula is C13H8BrClN2O2S2. The van der Waals surface area contributed by atoms with E-state index in [2.05, 4.69) is 21.0 Å². The van der Waals surface area contributed by atoms with Crippen LogP contribution >= 0.6 is 38.9 Å². The van der Waals surface area contributed by atoms with Crippen LogP contribution in [0.4, 0.5) is 0 Å². The number of halogens is 2. The fourth-order valence-electron chi connectivity index (χ4n) is 1.74. The fourth-order valence-corrected chi connectivity index (χ4v) is 4.33. The Kier molecular flexibility index (Phi) is 3.92. The van der Waals surface area contributed by atoms with E-state index in [0.29, 0.717) is 10.7 Å². The predicted molar refractivity (Wildman–Crippen MR) is 87.3 cm³/mol. The Balaban J connectivity index is 2.00. The van der Waals surface area contributed by atoms with Crippen LogP contribution in [-0.4, -0.2) is 17.6 Å². The molecule has 0 aliphatic rings. The molecule has 0 fully saturated rings. The van der Waals surface area contributed by atoms with Crippen LogP contribution in [0.15, 0.2) is 57.3 Å². The average Bonchev–Trinajstić information content (AvgIpc) is 3.08. The Labute approximate surface area is 139 Å². The Morgan fingerprint density at radius 3 is 2.43 bits per heavy atom. The Morgan fingerprint density at radius 1 is 1.10 bits per heavy atom. The molecule has 8 heteroatoms. The Morgan fingerprint density at radius 2 is 1.81 bits per heavy atom. The van der Waals surface area contributed by atoms with Gasteiger partial charge in [0.05, 0.1) is 13.6 Å². The van der Waals surface area contributed by atoms with E-state index < -0.39 is 10.0 Å². The number of thiophene rings is 1. The zero-order valence-electron chi connectivity index (χ0n) is 10.4. The van der Waals surface area contributed by atoms with Gasteiger partial charge in [0.1, 0.15) is 5.69 Å². The van der Waals surface area contributed by atoms with E-state index in [9.17, 15) is 8.42 Å². The standard InChI is InChI=1S/C13H8BrClN2O2S2/c14-13-6-5-12(20-13)11-7-8-17(16-11)21(18,19)10-3-1-9(15)2-4-10/h1-8H. The van der Waals surface area contributed by atoms with E-state index in [1.165, 1.54) is 41.8 Å². The van der Waals surface area contributed by atoms with Gasteiger partial charge in [-0.2, -0.15) is 17.6 Å². The van der Waals surface area contributed by atoms with Gasteiger partial charge in [-0.05, 0) is 58.4 Å². The van der Waals surface area contributed by atoms with Crippen molar-refractivity contribution in [3.05, 3.63) is 57.5 Å². The van der Waals surface area contributed by atoms with Crippen LogP contribution in [0.1, 0.15) is 0 Å². The van der Waals surface area contributed by atoms with Crippen molar-refractivity contribution < 1.29 is 8.42 Å². The van der Waals surface area contributed by atoms with E-state index in [1.54, 1.807) is 6.07 Å². The molecule has 0 amide bonds. The summed E-state index contributed by atoms with van der Waals surface area (Å²) in [6.07, 6.45) is 1.44. The lowest BCUT2D eigenvalue weighted by Crippen LogP contribution is -2.13. The summed E-state index contributed by atoms with van der Waals surface area (Å²) in [5.74, 6) is 0. The number of aromatic nitrogens is 2. The van der Waals surface area contributed by atoms with Gasteiger partial charge in [-0.15, -0.1) is 11.3 Å². The molecule has 21 heavy (non-hydrogen) atoms. The summed E-state index contributed by atoms with van der Waals surface area (Å²) in [4.78, 5) is 1.04. The molecule has 2 heterocycles. The molecule has 0 saturated heterocycles. The van der Waals surface area contributed by atoms with Crippen LogP contribution in [-0.2, 0) is 10.0 Å². The highest BCUT2D eigenvalue weighted by atomic mass is 79.9. The molecule has 1 aromatic carbocycles. The third-order valence-corrected chi connectivity index (χ3v) is 6.21. The van der Waals surface area contributed by atoms with Crippen LogP contribution in [0.25, 0.3) is 10.6 Å². The molecule has 2 aromatic heterocycles. The van der Waals surface area contributed by atoms with Crippen LogP contribution in [0.5, 0.6) is 0 Å². The SMILES string of the molecule is O=S(=O)(c1ccc(Cl)cc1)n1ccc(-c2ccc(Br)s2)n1. The first-order valence-electron chi connectivity index (χ1n) is 5.79. The minimum atomic E-state index is -3.70. The quantitative estimate of drug-likeness (QED) is 0.656. The van der Waals surface area contributed by atoms with E-state index in [-0.39, 0.29) is 4.90 Å². The first-order chi connectivity index (χ1) is 9.96. The molecule has 108 valence electrons. The summed E-state index contributed by atoms with van der Waals surface area (Å²) in [6.45, 7) is 0. The minimum Gasteiger partial charge on any atom is -0.199 e. The van der Waals surface area contributed by atoms with Crippen molar-refractivity contribution >= 4 is 48.9 Å². The minimum absolute atomic E-state index is 0.147. The number of nitrogens with zero attached hydrogens (tertiary/aromatic N) is 2. The van der Waals surface area contributed by atoms with Crippen molar-refractivity contribution in [3.8, 4) is 10.6 Å². The summed E-state index contributed by atoms with van der Waals surface area (Å²) >= 11 is 10.6. The van der Waals surface area contributed by atoms with Gasteiger partial charge in [0.25, 0.3) is 10.0 Å². The fraction of sp³-hybridized carbons (Fsp3) is 0. The molecule has 0 atom stereocenters. The third-order valence-electron chi connectivity index (χ3n) is 2.75. The van der Waals surface area contributed by atoms with Gasteiger partial charge in [-0.1, -0.05) is 11.6 Å². The van der Waals surface area contributed by atoms with Gasteiger partial charge >= 0.3 is 0 Å². The average molecular weight is 404 g/mol. The van der Waals surface area contributed by atoms with E-state index in [4.69, 9.17) is 11.6 Å². The molecule has 3 rings (SSSR count). The highest BCUT2D eigenvalue weighted by Crippen LogP contribution is 2.30. The van der Waals surface area contributed by atoms with E-state index in [0.717, 1.165) is 12.8 Å². The molecule has 4 nitrogen and oxygen atoms in total. The lowest BCUT2D eigenvalue weighted by molar-refractivity contribution is 0.580. The maximum absolute atomic E-state index is 12.4. The van der Waals surface area contributed by atoms with Crippen LogP contribution in [0, 0.1) is 0 Å². The van der Waals surface area contributed by atoms with Crippen LogP contribution in [0.3, 0.4) is 0 Å². The van der Waals surface area contributed by atoms with Gasteiger partial charge in [0, 0.05) is 11.2 Å². The lowest BCUT2D eigenvalue weighted by atomic mass is 10.4. The zero-order valence-corrected chi connectivity index (χ0v) is 14.4. The molecule has 0 N–H and O–H groups in total. The molecule has 0 bridgehead atoms. The van der Waals surface area contributed by atoms with Crippen molar-refractivity contribution in [3.63, 3.8) is 0 Å². The molecule has 0 unspecified atom stereocenters. The van der Waals surface area contributed by atoms with Gasteiger partial charge in [-0.25, -0.2) is 0 Å². The second kappa shape index (κ2) is 5.57. The summed E-state index contributed by atoms with van der Waals surface area (Å²) < 4.78 is 26.8. The van der Waals surface area contributed by atoms with E-state index >= 15 is 0 Å². The molecule has 0 radical (unpaired) electrons.